The molecule has 0 radical (unpaired) electrons. The molecule has 1 heterocycles. The van der Waals surface area contributed by atoms with Crippen LogP contribution in [-0.2, 0) is 4.79 Å². The van der Waals surface area contributed by atoms with Crippen LogP contribution in [0.25, 0.3) is 0 Å². The third-order valence-corrected chi connectivity index (χ3v) is 4.53. The molecule has 4 nitrogen and oxygen atoms in total. The van der Waals surface area contributed by atoms with Crippen LogP contribution < -0.4 is 10.6 Å². The van der Waals surface area contributed by atoms with Crippen molar-refractivity contribution in [3.05, 3.63) is 51.2 Å². The quantitative estimate of drug-likeness (QED) is 0.852. The Hall–Kier alpha value is -1.85. The lowest BCUT2D eigenvalue weighted by atomic mass is 10.0. The van der Waals surface area contributed by atoms with Gasteiger partial charge < -0.3 is 10.6 Å². The summed E-state index contributed by atoms with van der Waals surface area (Å²) in [6, 6.07) is 8.19. The highest BCUT2D eigenvalue weighted by Crippen LogP contribution is 2.20. The summed E-state index contributed by atoms with van der Waals surface area (Å²) in [5.74, 6) is -0.511. The monoisotopic (exact) mass is 350 g/mol. The second-order valence-electron chi connectivity index (χ2n) is 5.62. The van der Waals surface area contributed by atoms with Crippen molar-refractivity contribution >= 4 is 40.4 Å². The minimum Gasteiger partial charge on any atom is -0.339 e. The highest BCUT2D eigenvalue weighted by molar-refractivity contribution is 7.12. The average molecular weight is 351 g/mol. The number of thiophene rings is 1. The number of hydrogen-bond acceptors (Lipinski definition) is 3. The zero-order chi connectivity index (χ0) is 17.0. The van der Waals surface area contributed by atoms with Gasteiger partial charge in [-0.05, 0) is 48.1 Å². The zero-order valence-corrected chi connectivity index (χ0v) is 14.8. The van der Waals surface area contributed by atoms with Crippen molar-refractivity contribution in [1.29, 1.82) is 0 Å². The Labute approximate surface area is 144 Å². The number of carbonyl (C=O) groups excluding carboxylic acids is 2. The van der Waals surface area contributed by atoms with Gasteiger partial charge in [-0.2, -0.15) is 0 Å². The van der Waals surface area contributed by atoms with Gasteiger partial charge in [-0.25, -0.2) is 0 Å². The van der Waals surface area contributed by atoms with Gasteiger partial charge in [0.15, 0.2) is 0 Å². The summed E-state index contributed by atoms with van der Waals surface area (Å²) < 4.78 is 0. The number of anilines is 1. The van der Waals surface area contributed by atoms with E-state index in [2.05, 4.69) is 10.6 Å². The van der Waals surface area contributed by atoms with Gasteiger partial charge in [-0.15, -0.1) is 11.3 Å². The van der Waals surface area contributed by atoms with E-state index in [1.807, 2.05) is 26.2 Å². The fourth-order valence-corrected chi connectivity index (χ4v) is 2.99. The van der Waals surface area contributed by atoms with E-state index in [1.54, 1.807) is 30.3 Å². The van der Waals surface area contributed by atoms with Gasteiger partial charge >= 0.3 is 0 Å². The number of amides is 2. The minimum absolute atomic E-state index is 0.0356. The van der Waals surface area contributed by atoms with Crippen molar-refractivity contribution in [3.8, 4) is 0 Å². The Morgan fingerprint density at radius 2 is 1.96 bits per heavy atom. The molecule has 23 heavy (non-hydrogen) atoms. The summed E-state index contributed by atoms with van der Waals surface area (Å²) in [5.41, 5.74) is 1.56. The maximum atomic E-state index is 12.5. The molecule has 0 bridgehead atoms. The molecule has 0 spiro atoms. The predicted octanol–water partition coefficient (Wildman–Crippen LogP) is 4.10. The van der Waals surface area contributed by atoms with Crippen LogP contribution in [0.5, 0.6) is 0 Å². The second kappa shape index (κ2) is 7.62. The van der Waals surface area contributed by atoms with Gasteiger partial charge in [0.1, 0.15) is 6.04 Å². The summed E-state index contributed by atoms with van der Waals surface area (Å²) in [5, 5.41) is 8.11. The Morgan fingerprint density at radius 1 is 1.22 bits per heavy atom. The van der Waals surface area contributed by atoms with E-state index >= 15 is 0 Å². The smallest absolute Gasteiger partial charge is 0.262 e. The molecule has 0 unspecified atom stereocenters. The molecular weight excluding hydrogens is 332 g/mol. The topological polar surface area (TPSA) is 58.2 Å². The molecule has 2 amide bonds. The molecule has 122 valence electrons. The van der Waals surface area contributed by atoms with Crippen molar-refractivity contribution in [3.63, 3.8) is 0 Å². The number of carbonyl (C=O) groups is 2. The first-order valence-corrected chi connectivity index (χ1v) is 8.55. The summed E-state index contributed by atoms with van der Waals surface area (Å²) >= 11 is 7.27. The number of nitrogens with one attached hydrogen (secondary N) is 2. The summed E-state index contributed by atoms with van der Waals surface area (Å²) in [6.45, 7) is 5.66. The highest BCUT2D eigenvalue weighted by atomic mass is 35.5. The zero-order valence-electron chi connectivity index (χ0n) is 13.2. The highest BCUT2D eigenvalue weighted by Gasteiger charge is 2.25. The van der Waals surface area contributed by atoms with Crippen LogP contribution in [0.3, 0.4) is 0 Å². The van der Waals surface area contributed by atoms with Crippen molar-refractivity contribution in [1.82, 2.24) is 5.32 Å². The van der Waals surface area contributed by atoms with Crippen molar-refractivity contribution < 1.29 is 9.59 Å². The van der Waals surface area contributed by atoms with E-state index in [9.17, 15) is 9.59 Å². The molecule has 1 aromatic carbocycles. The van der Waals surface area contributed by atoms with Crippen LogP contribution in [0.2, 0.25) is 5.02 Å². The lowest BCUT2D eigenvalue weighted by Gasteiger charge is -2.22. The third kappa shape index (κ3) is 4.56. The van der Waals surface area contributed by atoms with Crippen molar-refractivity contribution in [2.24, 2.45) is 5.92 Å². The van der Waals surface area contributed by atoms with Gasteiger partial charge in [0.05, 0.1) is 4.88 Å². The summed E-state index contributed by atoms with van der Waals surface area (Å²) in [4.78, 5) is 25.3. The second-order valence-corrected chi connectivity index (χ2v) is 7.01. The average Bonchev–Trinajstić information content (AvgIpc) is 3.01. The maximum Gasteiger partial charge on any atom is 0.262 e. The number of benzene rings is 1. The fraction of sp³-hybridized carbons (Fsp3) is 0.294. The van der Waals surface area contributed by atoms with Crippen molar-refractivity contribution in [2.45, 2.75) is 26.8 Å². The van der Waals surface area contributed by atoms with Gasteiger partial charge in [0.2, 0.25) is 5.91 Å². The van der Waals surface area contributed by atoms with E-state index in [0.717, 1.165) is 5.56 Å². The molecule has 2 N–H and O–H groups in total. The lowest BCUT2D eigenvalue weighted by Crippen LogP contribution is -2.47. The fourth-order valence-electron chi connectivity index (χ4n) is 2.13. The van der Waals surface area contributed by atoms with Crippen LogP contribution >= 0.6 is 22.9 Å². The summed E-state index contributed by atoms with van der Waals surface area (Å²) in [7, 11) is 0. The van der Waals surface area contributed by atoms with Crippen LogP contribution in [0.1, 0.15) is 29.1 Å². The molecule has 2 rings (SSSR count). The molecule has 1 aromatic heterocycles. The summed E-state index contributed by atoms with van der Waals surface area (Å²) in [6.07, 6.45) is 0. The number of rotatable bonds is 5. The molecule has 2 aromatic rings. The van der Waals surface area contributed by atoms with Gasteiger partial charge in [0, 0.05) is 10.7 Å². The molecule has 0 saturated carbocycles. The van der Waals surface area contributed by atoms with Gasteiger partial charge in [-0.3, -0.25) is 9.59 Å². The molecule has 6 heteroatoms. The predicted molar refractivity (Wildman–Crippen MR) is 95.2 cm³/mol. The number of halogens is 1. The largest absolute Gasteiger partial charge is 0.339 e. The molecule has 0 saturated heterocycles. The SMILES string of the molecule is Cc1cc(Cl)ccc1NC(=O)[C@H](NC(=O)c1cccs1)C(C)C. The van der Waals surface area contributed by atoms with E-state index < -0.39 is 6.04 Å². The van der Waals surface area contributed by atoms with E-state index in [4.69, 9.17) is 11.6 Å². The van der Waals surface area contributed by atoms with E-state index in [1.165, 1.54) is 11.3 Å². The number of hydrogen-bond donors (Lipinski definition) is 2. The van der Waals surface area contributed by atoms with Crippen LogP contribution in [-0.4, -0.2) is 17.9 Å². The van der Waals surface area contributed by atoms with E-state index in [-0.39, 0.29) is 17.7 Å². The molecule has 0 aliphatic heterocycles. The van der Waals surface area contributed by atoms with Gasteiger partial charge in [0.25, 0.3) is 5.91 Å². The minimum atomic E-state index is -0.611. The molecule has 0 fully saturated rings. The van der Waals surface area contributed by atoms with Crippen LogP contribution in [0.4, 0.5) is 5.69 Å². The van der Waals surface area contributed by atoms with E-state index in [0.29, 0.717) is 15.6 Å². The Morgan fingerprint density at radius 3 is 2.52 bits per heavy atom. The first kappa shape index (κ1) is 17.5. The van der Waals surface area contributed by atoms with Crippen LogP contribution in [0, 0.1) is 12.8 Å². The third-order valence-electron chi connectivity index (χ3n) is 3.43. The first-order valence-electron chi connectivity index (χ1n) is 7.30. The lowest BCUT2D eigenvalue weighted by molar-refractivity contribution is -0.118. The molecule has 1 atom stereocenters. The Kier molecular flexibility index (Phi) is 5.80. The maximum absolute atomic E-state index is 12.5. The number of aryl methyl sites for hydroxylation is 1. The molecule has 0 aliphatic carbocycles. The molecule has 0 aliphatic rings. The van der Waals surface area contributed by atoms with Gasteiger partial charge in [-0.1, -0.05) is 31.5 Å². The standard InChI is InChI=1S/C17H19ClN2O2S/c1-10(2)15(20-16(21)14-5-4-8-23-14)17(22)19-13-7-6-12(18)9-11(13)3/h4-10,15H,1-3H3,(H,19,22)(H,20,21)/t15-/m1/s1. The van der Waals surface area contributed by atoms with Crippen LogP contribution in [0.15, 0.2) is 35.7 Å². The Bertz CT molecular complexity index is 699. The molecular formula is C17H19ClN2O2S. The normalized spacial score (nSPS) is 12.0. The Balaban J connectivity index is 2.10. The first-order chi connectivity index (χ1) is 10.9. The van der Waals surface area contributed by atoms with Crippen molar-refractivity contribution in [2.75, 3.05) is 5.32 Å².